The second kappa shape index (κ2) is 6.77. The third-order valence-corrected chi connectivity index (χ3v) is 3.99. The van der Waals surface area contributed by atoms with Gasteiger partial charge in [-0.05, 0) is 61.9 Å². The minimum Gasteiger partial charge on any atom is -0.507 e. The van der Waals surface area contributed by atoms with Crippen molar-refractivity contribution in [2.24, 2.45) is 0 Å². The van der Waals surface area contributed by atoms with Crippen molar-refractivity contribution in [3.05, 3.63) is 64.2 Å². The van der Waals surface area contributed by atoms with Gasteiger partial charge in [0, 0.05) is 12.6 Å². The zero-order valence-electron chi connectivity index (χ0n) is 13.4. The van der Waals surface area contributed by atoms with Gasteiger partial charge in [0.2, 0.25) is 0 Å². The number of aryl methyl sites for hydroxylation is 3. The monoisotopic (exact) mass is 283 g/mol. The smallest absolute Gasteiger partial charge is 0.121 e. The Morgan fingerprint density at radius 1 is 1.00 bits per heavy atom. The first-order chi connectivity index (χ1) is 9.97. The lowest BCUT2D eigenvalue weighted by molar-refractivity contribution is 0.466. The van der Waals surface area contributed by atoms with Gasteiger partial charge < -0.3 is 10.4 Å². The van der Waals surface area contributed by atoms with E-state index >= 15 is 0 Å². The van der Waals surface area contributed by atoms with Gasteiger partial charge in [0.1, 0.15) is 5.75 Å². The predicted octanol–water partition coefficient (Wildman–Crippen LogP) is 4.04. The zero-order chi connectivity index (χ0) is 15.4. The van der Waals surface area contributed by atoms with Crippen LogP contribution in [0, 0.1) is 20.8 Å². The zero-order valence-corrected chi connectivity index (χ0v) is 13.4. The van der Waals surface area contributed by atoms with Gasteiger partial charge in [0.05, 0.1) is 0 Å². The molecule has 0 aliphatic rings. The first-order valence-electron chi connectivity index (χ1n) is 7.54. The van der Waals surface area contributed by atoms with Crippen LogP contribution in [0.15, 0.2) is 36.4 Å². The van der Waals surface area contributed by atoms with E-state index in [2.05, 4.69) is 55.6 Å². The van der Waals surface area contributed by atoms with Crippen molar-refractivity contribution in [2.75, 3.05) is 0 Å². The van der Waals surface area contributed by atoms with E-state index in [-0.39, 0.29) is 0 Å². The van der Waals surface area contributed by atoms with Crippen LogP contribution >= 0.6 is 0 Å². The van der Waals surface area contributed by atoms with Crippen LogP contribution in [-0.2, 0) is 13.0 Å². The third kappa shape index (κ3) is 4.08. The molecule has 0 saturated heterocycles. The average Bonchev–Trinajstić information content (AvgIpc) is 2.45. The maximum atomic E-state index is 9.81. The minimum atomic E-state index is 0.409. The maximum Gasteiger partial charge on any atom is 0.121 e. The summed E-state index contributed by atoms with van der Waals surface area (Å²) in [4.78, 5) is 0. The topological polar surface area (TPSA) is 32.3 Å². The molecule has 2 heteroatoms. The van der Waals surface area contributed by atoms with E-state index in [1.165, 1.54) is 16.7 Å². The van der Waals surface area contributed by atoms with Crippen molar-refractivity contribution in [3.8, 4) is 5.75 Å². The van der Waals surface area contributed by atoms with E-state index in [4.69, 9.17) is 0 Å². The predicted molar refractivity (Wildman–Crippen MR) is 88.8 cm³/mol. The summed E-state index contributed by atoms with van der Waals surface area (Å²) in [7, 11) is 0. The summed E-state index contributed by atoms with van der Waals surface area (Å²) >= 11 is 0. The molecule has 0 radical (unpaired) electrons. The molecule has 2 aromatic rings. The number of hydrogen-bond acceptors (Lipinski definition) is 2. The van der Waals surface area contributed by atoms with Crippen LogP contribution in [0.1, 0.15) is 34.7 Å². The molecule has 21 heavy (non-hydrogen) atoms. The van der Waals surface area contributed by atoms with Gasteiger partial charge in [0.25, 0.3) is 0 Å². The van der Waals surface area contributed by atoms with Gasteiger partial charge in [-0.3, -0.25) is 0 Å². The number of benzene rings is 2. The fourth-order valence-electron chi connectivity index (χ4n) is 2.68. The number of phenols is 1. The van der Waals surface area contributed by atoms with Crippen LogP contribution in [0.25, 0.3) is 0 Å². The molecular formula is C19H25NO. The van der Waals surface area contributed by atoms with Crippen LogP contribution in [0.2, 0.25) is 0 Å². The molecule has 0 spiro atoms. The van der Waals surface area contributed by atoms with E-state index in [9.17, 15) is 5.11 Å². The van der Waals surface area contributed by atoms with E-state index in [1.807, 2.05) is 13.8 Å². The first-order valence-corrected chi connectivity index (χ1v) is 7.54. The quantitative estimate of drug-likeness (QED) is 0.868. The molecule has 0 aromatic heterocycles. The molecule has 112 valence electrons. The van der Waals surface area contributed by atoms with E-state index in [1.54, 1.807) is 0 Å². The Hall–Kier alpha value is -1.80. The second-order valence-electron chi connectivity index (χ2n) is 5.99. The Kier molecular flexibility index (Phi) is 5.03. The lowest BCUT2D eigenvalue weighted by Crippen LogP contribution is -2.27. The molecule has 0 aliphatic heterocycles. The average molecular weight is 283 g/mol. The third-order valence-electron chi connectivity index (χ3n) is 3.99. The van der Waals surface area contributed by atoms with E-state index < -0.39 is 0 Å². The molecule has 1 atom stereocenters. The normalized spacial score (nSPS) is 12.4. The van der Waals surface area contributed by atoms with E-state index in [0.29, 0.717) is 11.8 Å². The van der Waals surface area contributed by atoms with Crippen LogP contribution in [-0.4, -0.2) is 11.1 Å². The summed E-state index contributed by atoms with van der Waals surface area (Å²) in [6.45, 7) is 9.10. The Morgan fingerprint density at radius 2 is 1.62 bits per heavy atom. The highest BCUT2D eigenvalue weighted by Crippen LogP contribution is 2.22. The van der Waals surface area contributed by atoms with Crippen molar-refractivity contribution in [3.63, 3.8) is 0 Å². The standard InChI is InChI=1S/C19H25NO/c1-13-7-5-6-8-18(13)11-16(4)20-12-17-9-14(2)19(21)15(3)10-17/h5-10,16,20-21H,11-12H2,1-4H3. The Morgan fingerprint density at radius 3 is 2.24 bits per heavy atom. The highest BCUT2D eigenvalue weighted by Gasteiger charge is 2.07. The van der Waals surface area contributed by atoms with Gasteiger partial charge in [-0.2, -0.15) is 0 Å². The Balaban J connectivity index is 1.95. The molecule has 1 unspecified atom stereocenters. The number of nitrogens with one attached hydrogen (secondary N) is 1. The molecule has 0 heterocycles. The minimum absolute atomic E-state index is 0.409. The highest BCUT2D eigenvalue weighted by molar-refractivity contribution is 5.42. The van der Waals surface area contributed by atoms with Crippen molar-refractivity contribution < 1.29 is 5.11 Å². The second-order valence-corrected chi connectivity index (χ2v) is 5.99. The highest BCUT2D eigenvalue weighted by atomic mass is 16.3. The van der Waals surface area contributed by atoms with Crippen molar-refractivity contribution >= 4 is 0 Å². The van der Waals surface area contributed by atoms with Crippen LogP contribution < -0.4 is 5.32 Å². The summed E-state index contributed by atoms with van der Waals surface area (Å²) in [5.74, 6) is 0.409. The van der Waals surface area contributed by atoms with Crippen LogP contribution in [0.3, 0.4) is 0 Å². The molecule has 0 saturated carbocycles. The molecule has 2 nitrogen and oxygen atoms in total. The fraction of sp³-hybridized carbons (Fsp3) is 0.368. The molecule has 2 rings (SSSR count). The van der Waals surface area contributed by atoms with Crippen molar-refractivity contribution in [2.45, 2.75) is 46.7 Å². The Labute approximate surface area is 127 Å². The summed E-state index contributed by atoms with van der Waals surface area (Å²) in [5.41, 5.74) is 5.86. The number of phenolic OH excluding ortho intramolecular Hbond substituents is 1. The number of aromatic hydroxyl groups is 1. The van der Waals surface area contributed by atoms with Crippen LogP contribution in [0.5, 0.6) is 5.75 Å². The van der Waals surface area contributed by atoms with Crippen molar-refractivity contribution in [1.29, 1.82) is 0 Å². The molecular weight excluding hydrogens is 258 g/mol. The van der Waals surface area contributed by atoms with Gasteiger partial charge in [-0.25, -0.2) is 0 Å². The summed E-state index contributed by atoms with van der Waals surface area (Å²) < 4.78 is 0. The summed E-state index contributed by atoms with van der Waals surface area (Å²) in [6, 6.07) is 13.1. The molecule has 2 aromatic carbocycles. The van der Waals surface area contributed by atoms with Crippen LogP contribution in [0.4, 0.5) is 0 Å². The molecule has 2 N–H and O–H groups in total. The first kappa shape index (κ1) is 15.6. The number of rotatable bonds is 5. The van der Waals surface area contributed by atoms with E-state index in [0.717, 1.165) is 24.1 Å². The summed E-state index contributed by atoms with van der Waals surface area (Å²) in [6.07, 6.45) is 1.03. The van der Waals surface area contributed by atoms with Gasteiger partial charge in [0.15, 0.2) is 0 Å². The van der Waals surface area contributed by atoms with Gasteiger partial charge in [-0.15, -0.1) is 0 Å². The Bertz CT molecular complexity index is 596. The molecule has 0 amide bonds. The molecule has 0 aliphatic carbocycles. The maximum absolute atomic E-state index is 9.81. The SMILES string of the molecule is Cc1ccccc1CC(C)NCc1cc(C)c(O)c(C)c1. The van der Waals surface area contributed by atoms with Crippen molar-refractivity contribution in [1.82, 2.24) is 5.32 Å². The van der Waals surface area contributed by atoms with Gasteiger partial charge in [-0.1, -0.05) is 36.4 Å². The molecule has 0 bridgehead atoms. The lowest BCUT2D eigenvalue weighted by Gasteiger charge is -2.16. The fourth-order valence-corrected chi connectivity index (χ4v) is 2.68. The largest absolute Gasteiger partial charge is 0.507 e. The molecule has 0 fully saturated rings. The lowest BCUT2D eigenvalue weighted by atomic mass is 10.0. The van der Waals surface area contributed by atoms with Gasteiger partial charge >= 0.3 is 0 Å². The number of hydrogen-bond donors (Lipinski definition) is 2. The summed E-state index contributed by atoms with van der Waals surface area (Å²) in [5, 5.41) is 13.4.